The number of nitrogens with one attached hydrogen (secondary N) is 1. The Morgan fingerprint density at radius 2 is 2.11 bits per heavy atom. The van der Waals surface area contributed by atoms with Gasteiger partial charge in [-0.1, -0.05) is 6.42 Å². The summed E-state index contributed by atoms with van der Waals surface area (Å²) in [5.41, 5.74) is 9.04. The molecule has 1 aromatic rings. The van der Waals surface area contributed by atoms with E-state index in [1.807, 2.05) is 12.1 Å². The van der Waals surface area contributed by atoms with E-state index in [1.54, 1.807) is 7.11 Å². The molecule has 3 N–H and O–H groups in total. The summed E-state index contributed by atoms with van der Waals surface area (Å²) in [6.45, 7) is 2.12. The van der Waals surface area contributed by atoms with E-state index in [9.17, 15) is 4.79 Å². The molecule has 0 radical (unpaired) electrons. The van der Waals surface area contributed by atoms with E-state index in [0.29, 0.717) is 11.8 Å². The Hall–Kier alpha value is -2.34. The number of allylic oxidation sites excluding steroid dienone is 1. The van der Waals surface area contributed by atoms with Crippen molar-refractivity contribution < 1.29 is 9.53 Å². The number of rotatable bonds is 4. The van der Waals surface area contributed by atoms with Gasteiger partial charge in [-0.05, 0) is 75.8 Å². The monoisotopic (exact) mass is 368 g/mol. The Morgan fingerprint density at radius 3 is 2.70 bits per heavy atom. The minimum atomic E-state index is -0.385. The lowest BCUT2D eigenvalue weighted by molar-refractivity contribution is -0.123. The summed E-state index contributed by atoms with van der Waals surface area (Å²) in [6.07, 6.45) is 8.36. The van der Waals surface area contributed by atoms with Gasteiger partial charge in [0.2, 0.25) is 5.91 Å². The molecule has 1 aromatic carbocycles. The summed E-state index contributed by atoms with van der Waals surface area (Å²) in [6, 6.07) is 4.37. The molecule has 4 rings (SSSR count). The third-order valence-corrected chi connectivity index (χ3v) is 6.28. The van der Waals surface area contributed by atoms with Gasteiger partial charge in [0.05, 0.1) is 30.0 Å². The minimum absolute atomic E-state index is 0.0994. The smallest absolute Gasteiger partial charge is 0.235 e. The zero-order chi connectivity index (χ0) is 19.0. The summed E-state index contributed by atoms with van der Waals surface area (Å²) in [5, 5.41) is 3.04. The lowest BCUT2D eigenvalue weighted by Gasteiger charge is -2.36. The molecule has 0 bridgehead atoms. The lowest BCUT2D eigenvalue weighted by atomic mass is 9.65. The first-order chi connectivity index (χ1) is 13.1. The van der Waals surface area contributed by atoms with Crippen molar-refractivity contribution in [1.82, 2.24) is 4.90 Å². The number of nitrogens with two attached hydrogens (primary N) is 1. The van der Waals surface area contributed by atoms with Gasteiger partial charge in [-0.25, -0.2) is 0 Å². The van der Waals surface area contributed by atoms with Gasteiger partial charge in [0.15, 0.2) is 0 Å². The number of carbonyl (C=O) groups excluding carboxylic acids is 1. The summed E-state index contributed by atoms with van der Waals surface area (Å²) < 4.78 is 5.61. The van der Waals surface area contributed by atoms with Gasteiger partial charge in [0, 0.05) is 5.56 Å². The highest BCUT2D eigenvalue weighted by Gasteiger charge is 2.52. The number of likely N-dealkylation sites (tertiary alicyclic amines) is 1. The van der Waals surface area contributed by atoms with Crippen molar-refractivity contribution in [2.75, 3.05) is 32.6 Å². The van der Waals surface area contributed by atoms with Crippen LogP contribution in [0.2, 0.25) is 0 Å². The fourth-order valence-electron chi connectivity index (χ4n) is 4.44. The number of ether oxygens (including phenoxy) is 1. The third kappa shape index (κ3) is 3.02. The standard InChI is InChI=1S/C21H28N4O2/c1-25-10-5-15(6-11-25)23-17(4-9-22)14-12-16-19(18(13-14)27-2)24-20(26)21(16)7-3-8-21/h4,9,12-13,15H,3,5-8,10-11,22H2,1-2H3,(H,24,26). The van der Waals surface area contributed by atoms with E-state index in [2.05, 4.69) is 23.3 Å². The second-order valence-corrected chi connectivity index (χ2v) is 7.90. The fraction of sp³-hybridized carbons (Fsp3) is 0.524. The van der Waals surface area contributed by atoms with Crippen LogP contribution in [-0.2, 0) is 10.2 Å². The number of hydrogen-bond donors (Lipinski definition) is 2. The molecule has 1 spiro atoms. The first kappa shape index (κ1) is 18.0. The highest BCUT2D eigenvalue weighted by atomic mass is 16.5. The van der Waals surface area contributed by atoms with Crippen LogP contribution in [0.3, 0.4) is 0 Å². The van der Waals surface area contributed by atoms with Crippen LogP contribution in [0, 0.1) is 0 Å². The molecule has 1 saturated heterocycles. The number of piperidine rings is 1. The molecular weight excluding hydrogens is 340 g/mol. The number of benzene rings is 1. The quantitative estimate of drug-likeness (QED) is 0.800. The van der Waals surface area contributed by atoms with Gasteiger partial charge in [-0.3, -0.25) is 9.79 Å². The van der Waals surface area contributed by atoms with E-state index in [1.165, 1.54) is 6.20 Å². The van der Waals surface area contributed by atoms with Crippen molar-refractivity contribution >= 4 is 17.3 Å². The van der Waals surface area contributed by atoms with E-state index in [0.717, 1.165) is 67.7 Å². The Morgan fingerprint density at radius 1 is 1.37 bits per heavy atom. The second-order valence-electron chi connectivity index (χ2n) is 7.90. The molecule has 1 saturated carbocycles. The van der Waals surface area contributed by atoms with Gasteiger partial charge in [-0.15, -0.1) is 0 Å². The normalized spacial score (nSPS) is 22.7. The van der Waals surface area contributed by atoms with E-state index >= 15 is 0 Å². The first-order valence-corrected chi connectivity index (χ1v) is 9.76. The SMILES string of the molecule is COc1cc(C(C=CN)=NC2CCN(C)CC2)cc2c1NC(=O)C21CCC1. The van der Waals surface area contributed by atoms with Crippen LogP contribution < -0.4 is 15.8 Å². The number of aliphatic imine (C=N–C) groups is 1. The van der Waals surface area contributed by atoms with Gasteiger partial charge in [-0.2, -0.15) is 0 Å². The maximum absolute atomic E-state index is 12.6. The van der Waals surface area contributed by atoms with Crippen LogP contribution in [0.5, 0.6) is 5.75 Å². The summed E-state index contributed by atoms with van der Waals surface area (Å²) in [4.78, 5) is 20.0. The molecular formula is C21H28N4O2. The first-order valence-electron chi connectivity index (χ1n) is 9.76. The number of anilines is 1. The third-order valence-electron chi connectivity index (χ3n) is 6.28. The summed E-state index contributed by atoms with van der Waals surface area (Å²) in [5.74, 6) is 0.795. The van der Waals surface area contributed by atoms with Crippen LogP contribution in [0.1, 0.15) is 43.2 Å². The molecule has 3 aliphatic rings. The van der Waals surface area contributed by atoms with Crippen molar-refractivity contribution in [3.63, 3.8) is 0 Å². The molecule has 0 unspecified atom stereocenters. The number of nitrogens with zero attached hydrogens (tertiary/aromatic N) is 2. The molecule has 6 nitrogen and oxygen atoms in total. The molecule has 27 heavy (non-hydrogen) atoms. The molecule has 0 aromatic heterocycles. The summed E-state index contributed by atoms with van der Waals surface area (Å²) >= 11 is 0. The zero-order valence-electron chi connectivity index (χ0n) is 16.1. The molecule has 2 heterocycles. The van der Waals surface area contributed by atoms with E-state index < -0.39 is 0 Å². The van der Waals surface area contributed by atoms with Crippen LogP contribution in [0.15, 0.2) is 29.4 Å². The predicted octanol–water partition coefficient (Wildman–Crippen LogP) is 2.42. The maximum Gasteiger partial charge on any atom is 0.235 e. The zero-order valence-corrected chi connectivity index (χ0v) is 16.1. The highest BCUT2D eigenvalue weighted by Crippen LogP contribution is 2.53. The average Bonchev–Trinajstić information content (AvgIpc) is 2.94. The van der Waals surface area contributed by atoms with Crippen LogP contribution >= 0.6 is 0 Å². The van der Waals surface area contributed by atoms with Crippen molar-refractivity contribution in [3.8, 4) is 5.75 Å². The number of methoxy groups -OCH3 is 1. The molecule has 2 fully saturated rings. The second kappa shape index (κ2) is 7.00. The predicted molar refractivity (Wildman–Crippen MR) is 108 cm³/mol. The number of amides is 1. The van der Waals surface area contributed by atoms with Crippen molar-refractivity contribution in [2.45, 2.75) is 43.6 Å². The lowest BCUT2D eigenvalue weighted by Crippen LogP contribution is -2.40. The molecule has 144 valence electrons. The van der Waals surface area contributed by atoms with Crippen molar-refractivity contribution in [3.05, 3.63) is 35.5 Å². The molecule has 1 amide bonds. The van der Waals surface area contributed by atoms with Gasteiger partial charge in [0.1, 0.15) is 5.75 Å². The Kier molecular flexibility index (Phi) is 4.68. The number of hydrogen-bond acceptors (Lipinski definition) is 5. The number of carbonyl (C=O) groups is 1. The highest BCUT2D eigenvalue weighted by molar-refractivity contribution is 6.13. The largest absolute Gasteiger partial charge is 0.495 e. The van der Waals surface area contributed by atoms with E-state index in [-0.39, 0.29) is 11.3 Å². The Bertz CT molecular complexity index is 803. The average molecular weight is 368 g/mol. The molecule has 2 aliphatic heterocycles. The van der Waals surface area contributed by atoms with Crippen molar-refractivity contribution in [1.29, 1.82) is 0 Å². The van der Waals surface area contributed by atoms with Crippen LogP contribution in [0.25, 0.3) is 0 Å². The van der Waals surface area contributed by atoms with Gasteiger partial charge in [0.25, 0.3) is 0 Å². The number of fused-ring (bicyclic) bond motifs is 2. The van der Waals surface area contributed by atoms with Crippen LogP contribution in [0.4, 0.5) is 5.69 Å². The molecule has 1 aliphatic carbocycles. The molecule has 0 atom stereocenters. The molecule has 6 heteroatoms. The van der Waals surface area contributed by atoms with Crippen LogP contribution in [-0.4, -0.2) is 49.8 Å². The Labute approximate surface area is 160 Å². The van der Waals surface area contributed by atoms with Gasteiger partial charge < -0.3 is 20.7 Å². The van der Waals surface area contributed by atoms with Crippen molar-refractivity contribution in [2.24, 2.45) is 10.7 Å². The fourth-order valence-corrected chi connectivity index (χ4v) is 4.44. The topological polar surface area (TPSA) is 80.0 Å². The van der Waals surface area contributed by atoms with E-state index in [4.69, 9.17) is 15.5 Å². The summed E-state index contributed by atoms with van der Waals surface area (Å²) in [7, 11) is 3.79. The Balaban J connectivity index is 1.75. The maximum atomic E-state index is 12.6. The van der Waals surface area contributed by atoms with Gasteiger partial charge >= 0.3 is 0 Å². The minimum Gasteiger partial charge on any atom is -0.495 e.